The second-order valence-electron chi connectivity index (χ2n) is 6.98. The lowest BCUT2D eigenvalue weighted by Crippen LogP contribution is -2.42. The van der Waals surface area contributed by atoms with Gasteiger partial charge in [0.15, 0.2) is 0 Å². The van der Waals surface area contributed by atoms with E-state index < -0.39 is 0 Å². The van der Waals surface area contributed by atoms with E-state index in [9.17, 15) is 4.79 Å². The Morgan fingerprint density at radius 2 is 1.96 bits per heavy atom. The first-order valence-electron chi connectivity index (χ1n) is 8.97. The standard InChI is InChI=1S/C17H25NOS.C5H10/c1-7-10-14-13(8-2)11-15(20-14)16(19)18-12(4)17(5,6)9-3;1-4-5(2)3/h7-8,10-12H,2,9H2,1,3-6H3,(H,18,19);2,4H2,1,3H3/b10-7-;. The Hall–Kier alpha value is -1.61. The molecule has 1 atom stereocenters. The maximum atomic E-state index is 12.3. The summed E-state index contributed by atoms with van der Waals surface area (Å²) in [5.74, 6) is 0.00266. The predicted molar refractivity (Wildman–Crippen MR) is 115 cm³/mol. The molecule has 0 fully saturated rings. The van der Waals surface area contributed by atoms with Crippen LogP contribution in [0.3, 0.4) is 0 Å². The lowest BCUT2D eigenvalue weighted by molar-refractivity contribution is 0.0905. The second kappa shape index (κ2) is 11.1. The zero-order valence-electron chi connectivity index (χ0n) is 17.0. The largest absolute Gasteiger partial charge is 0.348 e. The van der Waals surface area contributed by atoms with Crippen molar-refractivity contribution in [1.82, 2.24) is 5.32 Å². The Balaban J connectivity index is 0.00000101. The Morgan fingerprint density at radius 3 is 2.36 bits per heavy atom. The van der Waals surface area contributed by atoms with E-state index in [2.05, 4.69) is 53.1 Å². The molecule has 1 aromatic rings. The van der Waals surface area contributed by atoms with Crippen molar-refractivity contribution >= 4 is 29.4 Å². The minimum absolute atomic E-state index is 0.00266. The van der Waals surface area contributed by atoms with Gasteiger partial charge >= 0.3 is 0 Å². The monoisotopic (exact) mass is 361 g/mol. The number of hydrogen-bond donors (Lipinski definition) is 1. The van der Waals surface area contributed by atoms with Gasteiger partial charge in [-0.15, -0.1) is 17.9 Å². The quantitative estimate of drug-likeness (QED) is 0.523. The summed E-state index contributed by atoms with van der Waals surface area (Å²) < 4.78 is 0. The summed E-state index contributed by atoms with van der Waals surface area (Å²) in [4.78, 5) is 14.2. The van der Waals surface area contributed by atoms with Crippen LogP contribution in [0.25, 0.3) is 12.2 Å². The van der Waals surface area contributed by atoms with Gasteiger partial charge in [-0.05, 0) is 56.7 Å². The van der Waals surface area contributed by atoms with E-state index in [0.717, 1.165) is 28.2 Å². The number of hydrogen-bond acceptors (Lipinski definition) is 2. The lowest BCUT2D eigenvalue weighted by Gasteiger charge is -2.31. The first-order valence-corrected chi connectivity index (χ1v) is 9.78. The van der Waals surface area contributed by atoms with Crippen LogP contribution in [0.5, 0.6) is 0 Å². The van der Waals surface area contributed by atoms with Gasteiger partial charge in [-0.2, -0.15) is 0 Å². The molecule has 0 saturated carbocycles. The summed E-state index contributed by atoms with van der Waals surface area (Å²) in [5.41, 5.74) is 2.37. The smallest absolute Gasteiger partial charge is 0.261 e. The zero-order chi connectivity index (χ0) is 19.6. The molecule has 1 aromatic heterocycles. The highest BCUT2D eigenvalue weighted by molar-refractivity contribution is 7.15. The van der Waals surface area contributed by atoms with Crippen LogP contribution in [0.1, 0.15) is 81.4 Å². The molecule has 1 heterocycles. The van der Waals surface area contributed by atoms with Gasteiger partial charge in [-0.3, -0.25) is 4.79 Å². The Labute approximate surface area is 158 Å². The van der Waals surface area contributed by atoms with E-state index >= 15 is 0 Å². The van der Waals surface area contributed by atoms with Crippen molar-refractivity contribution in [2.75, 3.05) is 0 Å². The molecule has 1 unspecified atom stereocenters. The highest BCUT2D eigenvalue weighted by Crippen LogP contribution is 2.27. The fourth-order valence-electron chi connectivity index (χ4n) is 1.74. The van der Waals surface area contributed by atoms with Crippen LogP contribution in [0.4, 0.5) is 0 Å². The summed E-state index contributed by atoms with van der Waals surface area (Å²) >= 11 is 1.51. The molecule has 0 aliphatic carbocycles. The molecule has 0 aromatic carbocycles. The van der Waals surface area contributed by atoms with Gasteiger partial charge in [0, 0.05) is 10.9 Å². The minimum atomic E-state index is 0.00266. The van der Waals surface area contributed by atoms with Crippen molar-refractivity contribution in [2.45, 2.75) is 67.3 Å². The molecule has 1 N–H and O–H groups in total. The molecular weight excluding hydrogens is 326 g/mol. The highest BCUT2D eigenvalue weighted by Gasteiger charge is 2.26. The van der Waals surface area contributed by atoms with Crippen LogP contribution >= 0.6 is 11.3 Å². The molecule has 1 amide bonds. The zero-order valence-corrected chi connectivity index (χ0v) is 17.8. The molecule has 0 aliphatic heterocycles. The van der Waals surface area contributed by atoms with E-state index in [1.165, 1.54) is 16.9 Å². The van der Waals surface area contributed by atoms with E-state index in [0.29, 0.717) is 0 Å². The number of thiophene rings is 1. The van der Waals surface area contributed by atoms with Crippen LogP contribution in [-0.4, -0.2) is 11.9 Å². The molecule has 0 saturated heterocycles. The third-order valence-electron chi connectivity index (χ3n) is 4.59. The number of carbonyl (C=O) groups is 1. The number of amides is 1. The van der Waals surface area contributed by atoms with Gasteiger partial charge in [-0.25, -0.2) is 0 Å². The number of carbonyl (C=O) groups excluding carboxylic acids is 1. The maximum Gasteiger partial charge on any atom is 0.261 e. The SMILES string of the molecule is C=C(C)CC.C=Cc1cc(C(=O)NC(C)C(C)(C)CC)sc1/C=C\C. The fourth-order valence-corrected chi connectivity index (χ4v) is 2.78. The third kappa shape index (κ3) is 7.87. The van der Waals surface area contributed by atoms with Crippen LogP contribution in [-0.2, 0) is 0 Å². The fraction of sp³-hybridized carbons (Fsp3) is 0.500. The molecule has 140 valence electrons. The molecular formula is C22H35NOS. The summed E-state index contributed by atoms with van der Waals surface area (Å²) in [6, 6.07) is 2.05. The first kappa shape index (κ1) is 23.4. The van der Waals surface area contributed by atoms with E-state index in [1.807, 2.05) is 32.1 Å². The van der Waals surface area contributed by atoms with E-state index in [-0.39, 0.29) is 17.4 Å². The van der Waals surface area contributed by atoms with E-state index in [4.69, 9.17) is 0 Å². The predicted octanol–water partition coefficient (Wildman–Crippen LogP) is 6.95. The molecule has 0 spiro atoms. The van der Waals surface area contributed by atoms with Crippen LogP contribution in [0.15, 0.2) is 30.9 Å². The number of allylic oxidation sites excluding steroid dienone is 2. The molecule has 0 bridgehead atoms. The van der Waals surface area contributed by atoms with Crippen molar-refractivity contribution in [2.24, 2.45) is 5.41 Å². The number of nitrogens with one attached hydrogen (secondary N) is 1. The molecule has 0 aliphatic rings. The molecule has 25 heavy (non-hydrogen) atoms. The molecule has 0 radical (unpaired) electrons. The molecule has 1 rings (SSSR count). The molecule has 2 nitrogen and oxygen atoms in total. The normalized spacial score (nSPS) is 12.3. The summed E-state index contributed by atoms with van der Waals surface area (Å²) in [6.07, 6.45) is 7.92. The van der Waals surface area contributed by atoms with Gasteiger partial charge in [0.25, 0.3) is 5.91 Å². The average Bonchev–Trinajstić information content (AvgIpc) is 2.98. The van der Waals surface area contributed by atoms with Crippen molar-refractivity contribution in [3.8, 4) is 0 Å². The minimum Gasteiger partial charge on any atom is -0.348 e. The van der Waals surface area contributed by atoms with Crippen molar-refractivity contribution in [3.63, 3.8) is 0 Å². The highest BCUT2D eigenvalue weighted by atomic mass is 32.1. The summed E-state index contributed by atoms with van der Waals surface area (Å²) in [7, 11) is 0. The Morgan fingerprint density at radius 1 is 1.40 bits per heavy atom. The van der Waals surface area contributed by atoms with Crippen LogP contribution < -0.4 is 5.32 Å². The van der Waals surface area contributed by atoms with Gasteiger partial charge in [0.05, 0.1) is 4.88 Å². The van der Waals surface area contributed by atoms with Crippen LogP contribution in [0, 0.1) is 5.41 Å². The third-order valence-corrected chi connectivity index (χ3v) is 5.70. The van der Waals surface area contributed by atoms with Gasteiger partial charge < -0.3 is 5.32 Å². The van der Waals surface area contributed by atoms with Crippen molar-refractivity contribution < 1.29 is 4.79 Å². The lowest BCUT2D eigenvalue weighted by atomic mass is 9.83. The van der Waals surface area contributed by atoms with Crippen LogP contribution in [0.2, 0.25) is 0 Å². The molecule has 3 heteroatoms. The summed E-state index contributed by atoms with van der Waals surface area (Å²) in [6.45, 7) is 22.1. The maximum absolute atomic E-state index is 12.3. The Kier molecular flexibility index (Phi) is 10.4. The van der Waals surface area contributed by atoms with Gasteiger partial charge in [-0.1, -0.05) is 52.0 Å². The summed E-state index contributed by atoms with van der Waals surface area (Å²) in [5, 5.41) is 3.11. The number of rotatable bonds is 7. The van der Waals surface area contributed by atoms with E-state index in [1.54, 1.807) is 6.08 Å². The van der Waals surface area contributed by atoms with Gasteiger partial charge in [0.2, 0.25) is 0 Å². The second-order valence-corrected chi connectivity index (χ2v) is 8.07. The Bertz CT molecular complexity index is 608. The van der Waals surface area contributed by atoms with Crippen molar-refractivity contribution in [1.29, 1.82) is 0 Å². The topological polar surface area (TPSA) is 29.1 Å². The first-order chi connectivity index (χ1) is 11.6. The average molecular weight is 362 g/mol. The van der Waals surface area contributed by atoms with Gasteiger partial charge in [0.1, 0.15) is 0 Å². The van der Waals surface area contributed by atoms with Crippen molar-refractivity contribution in [3.05, 3.63) is 46.2 Å².